The lowest BCUT2D eigenvalue weighted by atomic mass is 10.1. The molecule has 0 saturated carbocycles. The van der Waals surface area contributed by atoms with E-state index in [4.69, 9.17) is 19.9 Å². The standard InChI is InChI=1S/C36H37N3O7/c37-19-11-10-18-32(39-36(43)46-25-28-16-8-3-9-17-28)33(40)38-31-21-29(34(41)44-23-26-12-4-1-5-13-26)20-30(22-31)35(42)45-24-27-14-6-2-7-15-27/h1-9,12-17,20-22,32H,10-11,18-19,23-25,37H2,(H,38,40)(H,39,43). The average Bonchev–Trinajstić information content (AvgIpc) is 3.09. The number of amides is 2. The number of rotatable bonds is 15. The summed E-state index contributed by atoms with van der Waals surface area (Å²) in [6, 6.07) is 30.6. The van der Waals surface area contributed by atoms with Gasteiger partial charge in [0.15, 0.2) is 0 Å². The number of carbonyl (C=O) groups excluding carboxylic acids is 4. The number of hydrogen-bond donors (Lipinski definition) is 3. The monoisotopic (exact) mass is 623 g/mol. The van der Waals surface area contributed by atoms with Gasteiger partial charge in [0.05, 0.1) is 11.1 Å². The second-order valence-electron chi connectivity index (χ2n) is 10.5. The third kappa shape index (κ3) is 10.9. The predicted octanol–water partition coefficient (Wildman–Crippen LogP) is 5.76. The highest BCUT2D eigenvalue weighted by Crippen LogP contribution is 2.20. The molecule has 0 spiro atoms. The molecule has 1 unspecified atom stereocenters. The Labute approximate surface area is 267 Å². The van der Waals surface area contributed by atoms with Crippen LogP contribution in [0.25, 0.3) is 0 Å². The Morgan fingerprint density at radius 2 is 1.07 bits per heavy atom. The Morgan fingerprint density at radius 1 is 0.609 bits per heavy atom. The number of benzene rings is 4. The highest BCUT2D eigenvalue weighted by molar-refractivity contribution is 6.01. The molecule has 238 valence electrons. The van der Waals surface area contributed by atoms with Crippen molar-refractivity contribution in [3.05, 3.63) is 137 Å². The molecule has 1 atom stereocenters. The van der Waals surface area contributed by atoms with Gasteiger partial charge in [-0.25, -0.2) is 14.4 Å². The molecule has 0 saturated heterocycles. The Kier molecular flexibility index (Phi) is 12.9. The van der Waals surface area contributed by atoms with Crippen LogP contribution in [0.2, 0.25) is 0 Å². The lowest BCUT2D eigenvalue weighted by molar-refractivity contribution is -0.118. The first-order valence-corrected chi connectivity index (χ1v) is 15.0. The van der Waals surface area contributed by atoms with Gasteiger partial charge in [0.1, 0.15) is 25.9 Å². The van der Waals surface area contributed by atoms with Crippen molar-refractivity contribution in [3.8, 4) is 0 Å². The van der Waals surface area contributed by atoms with E-state index in [0.717, 1.165) is 16.7 Å². The quantitative estimate of drug-likeness (QED) is 0.0861. The molecule has 4 N–H and O–H groups in total. The fraction of sp³-hybridized carbons (Fsp3) is 0.222. The number of unbranched alkanes of at least 4 members (excludes halogenated alkanes) is 1. The molecule has 10 nitrogen and oxygen atoms in total. The number of anilines is 1. The van der Waals surface area contributed by atoms with Crippen LogP contribution in [0, 0.1) is 0 Å². The second kappa shape index (κ2) is 17.7. The zero-order valence-corrected chi connectivity index (χ0v) is 25.4. The summed E-state index contributed by atoms with van der Waals surface area (Å²) in [5.41, 5.74) is 8.23. The normalized spacial score (nSPS) is 11.2. The van der Waals surface area contributed by atoms with Gasteiger partial charge in [-0.3, -0.25) is 4.79 Å². The first-order valence-electron chi connectivity index (χ1n) is 15.0. The van der Waals surface area contributed by atoms with Crippen LogP contribution in [-0.4, -0.2) is 36.5 Å². The molecule has 46 heavy (non-hydrogen) atoms. The van der Waals surface area contributed by atoms with Crippen molar-refractivity contribution in [1.29, 1.82) is 0 Å². The third-order valence-electron chi connectivity index (χ3n) is 6.87. The summed E-state index contributed by atoms with van der Waals surface area (Å²) in [4.78, 5) is 52.2. The lowest BCUT2D eigenvalue weighted by Crippen LogP contribution is -2.44. The van der Waals surface area contributed by atoms with Gasteiger partial charge < -0.3 is 30.6 Å². The van der Waals surface area contributed by atoms with E-state index in [2.05, 4.69) is 10.6 Å². The molecule has 0 aromatic heterocycles. The summed E-state index contributed by atoms with van der Waals surface area (Å²) in [5, 5.41) is 5.35. The summed E-state index contributed by atoms with van der Waals surface area (Å²) < 4.78 is 16.3. The smallest absolute Gasteiger partial charge is 0.408 e. The van der Waals surface area contributed by atoms with Crippen molar-refractivity contribution in [1.82, 2.24) is 5.32 Å². The van der Waals surface area contributed by atoms with Crippen molar-refractivity contribution >= 4 is 29.6 Å². The van der Waals surface area contributed by atoms with Gasteiger partial charge in [-0.05, 0) is 60.7 Å². The SMILES string of the molecule is NCCCCC(NC(=O)OCc1ccccc1)C(=O)Nc1cc(C(=O)OCc2ccccc2)cc(C(=O)OCc2ccccc2)c1. The van der Waals surface area contributed by atoms with Crippen molar-refractivity contribution < 1.29 is 33.4 Å². The maximum Gasteiger partial charge on any atom is 0.408 e. The zero-order chi connectivity index (χ0) is 32.6. The van der Waals surface area contributed by atoms with Crippen LogP contribution >= 0.6 is 0 Å². The number of esters is 2. The highest BCUT2D eigenvalue weighted by Gasteiger charge is 2.23. The van der Waals surface area contributed by atoms with Crippen LogP contribution in [0.4, 0.5) is 10.5 Å². The van der Waals surface area contributed by atoms with E-state index in [9.17, 15) is 19.2 Å². The first kappa shape index (κ1) is 33.4. The van der Waals surface area contributed by atoms with Crippen molar-refractivity contribution in [2.24, 2.45) is 5.73 Å². The average molecular weight is 624 g/mol. The highest BCUT2D eigenvalue weighted by atomic mass is 16.5. The van der Waals surface area contributed by atoms with E-state index in [-0.39, 0.29) is 43.1 Å². The molecular formula is C36H37N3O7. The minimum atomic E-state index is -0.975. The van der Waals surface area contributed by atoms with Gasteiger partial charge in [-0.2, -0.15) is 0 Å². The van der Waals surface area contributed by atoms with E-state index < -0.39 is 30.0 Å². The molecular weight excluding hydrogens is 586 g/mol. The number of hydrogen-bond acceptors (Lipinski definition) is 8. The Hall–Kier alpha value is -5.48. The number of alkyl carbamates (subject to hydrolysis) is 1. The number of nitrogens with one attached hydrogen (secondary N) is 2. The molecule has 4 aromatic rings. The maximum absolute atomic E-state index is 13.5. The molecule has 0 radical (unpaired) electrons. The Morgan fingerprint density at radius 3 is 1.52 bits per heavy atom. The first-order chi connectivity index (χ1) is 22.4. The molecule has 0 heterocycles. The second-order valence-corrected chi connectivity index (χ2v) is 10.5. The third-order valence-corrected chi connectivity index (χ3v) is 6.87. The summed E-state index contributed by atoms with van der Waals surface area (Å²) in [5.74, 6) is -1.95. The molecule has 2 amide bonds. The van der Waals surface area contributed by atoms with Gasteiger partial charge >= 0.3 is 18.0 Å². The fourth-order valence-corrected chi connectivity index (χ4v) is 4.45. The summed E-state index contributed by atoms with van der Waals surface area (Å²) in [6.07, 6.45) is 0.732. The van der Waals surface area contributed by atoms with E-state index >= 15 is 0 Å². The van der Waals surface area contributed by atoms with Crippen LogP contribution in [0.1, 0.15) is 56.7 Å². The molecule has 10 heteroatoms. The largest absolute Gasteiger partial charge is 0.457 e. The van der Waals surface area contributed by atoms with Crippen LogP contribution in [-0.2, 0) is 38.8 Å². The van der Waals surface area contributed by atoms with Gasteiger partial charge in [0, 0.05) is 5.69 Å². The van der Waals surface area contributed by atoms with Crippen molar-refractivity contribution in [2.45, 2.75) is 45.1 Å². The van der Waals surface area contributed by atoms with E-state index in [1.165, 1.54) is 18.2 Å². The van der Waals surface area contributed by atoms with E-state index in [1.807, 2.05) is 91.0 Å². The van der Waals surface area contributed by atoms with Gasteiger partial charge in [-0.1, -0.05) is 91.0 Å². The summed E-state index contributed by atoms with van der Waals surface area (Å²) >= 11 is 0. The molecule has 0 aliphatic rings. The van der Waals surface area contributed by atoms with Crippen LogP contribution in [0.5, 0.6) is 0 Å². The molecule has 0 aliphatic heterocycles. The van der Waals surface area contributed by atoms with Gasteiger partial charge in [0.25, 0.3) is 0 Å². The predicted molar refractivity (Wildman–Crippen MR) is 173 cm³/mol. The zero-order valence-electron chi connectivity index (χ0n) is 25.4. The lowest BCUT2D eigenvalue weighted by Gasteiger charge is -2.19. The van der Waals surface area contributed by atoms with E-state index in [1.54, 1.807) is 0 Å². The minimum absolute atomic E-state index is 0.0161. The number of carbonyl (C=O) groups is 4. The molecule has 0 aliphatic carbocycles. The van der Waals surface area contributed by atoms with E-state index in [0.29, 0.717) is 19.4 Å². The fourth-order valence-electron chi connectivity index (χ4n) is 4.45. The number of ether oxygens (including phenoxy) is 3. The van der Waals surface area contributed by atoms with Crippen LogP contribution in [0.15, 0.2) is 109 Å². The van der Waals surface area contributed by atoms with Crippen molar-refractivity contribution in [2.75, 3.05) is 11.9 Å². The van der Waals surface area contributed by atoms with Gasteiger partial charge in [0.2, 0.25) is 5.91 Å². The van der Waals surface area contributed by atoms with Gasteiger partial charge in [-0.15, -0.1) is 0 Å². The Bertz CT molecular complexity index is 1510. The van der Waals surface area contributed by atoms with Crippen LogP contribution < -0.4 is 16.4 Å². The Balaban J connectivity index is 1.50. The topological polar surface area (TPSA) is 146 Å². The molecule has 0 bridgehead atoms. The summed E-state index contributed by atoms with van der Waals surface area (Å²) in [7, 11) is 0. The summed E-state index contributed by atoms with van der Waals surface area (Å²) in [6.45, 7) is 0.490. The molecule has 0 fully saturated rings. The minimum Gasteiger partial charge on any atom is -0.457 e. The number of nitrogens with two attached hydrogens (primary N) is 1. The molecule has 4 aromatic carbocycles. The molecule has 4 rings (SSSR count). The maximum atomic E-state index is 13.5. The van der Waals surface area contributed by atoms with Crippen molar-refractivity contribution in [3.63, 3.8) is 0 Å². The van der Waals surface area contributed by atoms with Crippen LogP contribution in [0.3, 0.4) is 0 Å².